The van der Waals surface area contributed by atoms with Crippen molar-refractivity contribution in [3.63, 3.8) is 0 Å². The predicted octanol–water partition coefficient (Wildman–Crippen LogP) is 1.99. The normalized spacial score (nSPS) is 11.9. The number of rotatable bonds is 5. The van der Waals surface area contributed by atoms with Gasteiger partial charge in [-0.2, -0.15) is 0 Å². The van der Waals surface area contributed by atoms with E-state index in [4.69, 9.17) is 10.5 Å². The molecule has 0 aliphatic heterocycles. The zero-order valence-corrected chi connectivity index (χ0v) is 10.9. The maximum atomic E-state index is 10.9. The topological polar surface area (TPSA) is 64.3 Å². The molecule has 0 bridgehead atoms. The van der Waals surface area contributed by atoms with Crippen LogP contribution in [0.4, 0.5) is 5.69 Å². The van der Waals surface area contributed by atoms with Gasteiger partial charge in [-0.05, 0) is 28.1 Å². The standard InChI is InChI=1S/C11H15BrN2O2/c1-7(11(13)15)6-14-10-5-8(16-2)3-4-9(10)12/h3-5,7,14H,6H2,1-2H3,(H2,13,15). The maximum absolute atomic E-state index is 10.9. The number of amides is 1. The summed E-state index contributed by atoms with van der Waals surface area (Å²) in [4.78, 5) is 10.9. The van der Waals surface area contributed by atoms with Crippen LogP contribution in [0.3, 0.4) is 0 Å². The number of carbonyl (C=O) groups excluding carboxylic acids is 1. The van der Waals surface area contributed by atoms with Crippen LogP contribution in [0.2, 0.25) is 0 Å². The Balaban J connectivity index is 2.69. The lowest BCUT2D eigenvalue weighted by molar-refractivity contribution is -0.120. The largest absolute Gasteiger partial charge is 0.497 e. The molecule has 3 N–H and O–H groups in total. The number of ether oxygens (including phenoxy) is 1. The van der Waals surface area contributed by atoms with Crippen LogP contribution in [0.5, 0.6) is 5.75 Å². The number of anilines is 1. The summed E-state index contributed by atoms with van der Waals surface area (Å²) in [6, 6.07) is 5.60. The zero-order chi connectivity index (χ0) is 12.1. The highest BCUT2D eigenvalue weighted by atomic mass is 79.9. The van der Waals surface area contributed by atoms with Gasteiger partial charge in [0.25, 0.3) is 0 Å². The molecule has 0 aromatic heterocycles. The Morgan fingerprint density at radius 3 is 2.88 bits per heavy atom. The molecule has 1 aromatic carbocycles. The summed E-state index contributed by atoms with van der Waals surface area (Å²) >= 11 is 3.41. The molecule has 0 fully saturated rings. The molecule has 0 aliphatic carbocycles. The molecule has 0 saturated heterocycles. The van der Waals surface area contributed by atoms with Crippen LogP contribution < -0.4 is 15.8 Å². The number of methoxy groups -OCH3 is 1. The molecule has 0 heterocycles. The quantitative estimate of drug-likeness (QED) is 0.870. The van der Waals surface area contributed by atoms with Crippen molar-refractivity contribution in [3.05, 3.63) is 22.7 Å². The van der Waals surface area contributed by atoms with Crippen molar-refractivity contribution in [2.45, 2.75) is 6.92 Å². The van der Waals surface area contributed by atoms with E-state index in [1.165, 1.54) is 0 Å². The van der Waals surface area contributed by atoms with E-state index in [1.807, 2.05) is 18.2 Å². The van der Waals surface area contributed by atoms with Crippen LogP contribution in [-0.2, 0) is 4.79 Å². The Labute approximate surface area is 103 Å². The fourth-order valence-corrected chi connectivity index (χ4v) is 1.52. The van der Waals surface area contributed by atoms with E-state index >= 15 is 0 Å². The van der Waals surface area contributed by atoms with Gasteiger partial charge in [-0.1, -0.05) is 6.92 Å². The van der Waals surface area contributed by atoms with Gasteiger partial charge in [0.1, 0.15) is 5.75 Å². The number of hydrogen-bond acceptors (Lipinski definition) is 3. The van der Waals surface area contributed by atoms with Crippen LogP contribution in [0.1, 0.15) is 6.92 Å². The minimum Gasteiger partial charge on any atom is -0.497 e. The van der Waals surface area contributed by atoms with Crippen molar-refractivity contribution in [1.29, 1.82) is 0 Å². The van der Waals surface area contributed by atoms with E-state index in [2.05, 4.69) is 21.2 Å². The molecule has 16 heavy (non-hydrogen) atoms. The summed E-state index contributed by atoms with van der Waals surface area (Å²) in [6.45, 7) is 2.28. The first-order valence-electron chi connectivity index (χ1n) is 4.91. The smallest absolute Gasteiger partial charge is 0.222 e. The van der Waals surface area contributed by atoms with E-state index < -0.39 is 0 Å². The zero-order valence-electron chi connectivity index (χ0n) is 9.29. The fourth-order valence-electron chi connectivity index (χ4n) is 1.13. The first-order chi connectivity index (χ1) is 7.54. The second kappa shape index (κ2) is 5.75. The Hall–Kier alpha value is -1.23. The number of benzene rings is 1. The maximum Gasteiger partial charge on any atom is 0.222 e. The third kappa shape index (κ3) is 3.41. The van der Waals surface area contributed by atoms with Gasteiger partial charge in [-0.15, -0.1) is 0 Å². The van der Waals surface area contributed by atoms with E-state index in [0.717, 1.165) is 15.9 Å². The van der Waals surface area contributed by atoms with Crippen molar-refractivity contribution in [1.82, 2.24) is 0 Å². The van der Waals surface area contributed by atoms with Crippen LogP contribution in [0.25, 0.3) is 0 Å². The number of nitrogens with two attached hydrogens (primary N) is 1. The van der Waals surface area contributed by atoms with Gasteiger partial charge in [0.05, 0.1) is 18.7 Å². The summed E-state index contributed by atoms with van der Waals surface area (Å²) in [5, 5.41) is 3.14. The lowest BCUT2D eigenvalue weighted by atomic mass is 10.1. The third-order valence-corrected chi connectivity index (χ3v) is 2.95. The first kappa shape index (κ1) is 12.8. The second-order valence-electron chi connectivity index (χ2n) is 3.53. The van der Waals surface area contributed by atoms with Crippen molar-refractivity contribution in [2.75, 3.05) is 19.0 Å². The third-order valence-electron chi connectivity index (χ3n) is 2.26. The highest BCUT2D eigenvalue weighted by Crippen LogP contribution is 2.27. The number of halogens is 1. The van der Waals surface area contributed by atoms with Crippen molar-refractivity contribution in [2.24, 2.45) is 11.7 Å². The summed E-state index contributed by atoms with van der Waals surface area (Å²) < 4.78 is 6.03. The van der Waals surface area contributed by atoms with Gasteiger partial charge >= 0.3 is 0 Å². The first-order valence-corrected chi connectivity index (χ1v) is 5.70. The summed E-state index contributed by atoms with van der Waals surface area (Å²) in [5.41, 5.74) is 6.06. The van der Waals surface area contributed by atoms with Crippen LogP contribution in [0.15, 0.2) is 22.7 Å². The average molecular weight is 287 g/mol. The molecule has 0 radical (unpaired) electrons. The number of hydrogen-bond donors (Lipinski definition) is 2. The molecule has 1 aromatic rings. The summed E-state index contributed by atoms with van der Waals surface area (Å²) in [6.07, 6.45) is 0. The molecule has 0 aliphatic rings. The molecule has 1 unspecified atom stereocenters. The minimum absolute atomic E-state index is 0.210. The Morgan fingerprint density at radius 2 is 2.31 bits per heavy atom. The van der Waals surface area contributed by atoms with Gasteiger partial charge in [0.15, 0.2) is 0 Å². The number of carbonyl (C=O) groups is 1. The molecule has 1 amide bonds. The Kier molecular flexibility index (Phi) is 4.61. The van der Waals surface area contributed by atoms with Crippen molar-refractivity contribution >= 4 is 27.5 Å². The van der Waals surface area contributed by atoms with E-state index in [1.54, 1.807) is 14.0 Å². The van der Waals surface area contributed by atoms with Gasteiger partial charge in [-0.3, -0.25) is 4.79 Å². The molecule has 1 atom stereocenters. The summed E-state index contributed by atoms with van der Waals surface area (Å²) in [7, 11) is 1.61. The van der Waals surface area contributed by atoms with E-state index in [9.17, 15) is 4.79 Å². The van der Waals surface area contributed by atoms with Crippen LogP contribution in [0, 0.1) is 5.92 Å². The highest BCUT2D eigenvalue weighted by molar-refractivity contribution is 9.10. The molecule has 4 nitrogen and oxygen atoms in total. The molecular formula is C11H15BrN2O2. The lowest BCUT2D eigenvalue weighted by Gasteiger charge is -2.12. The van der Waals surface area contributed by atoms with Crippen molar-refractivity contribution in [3.8, 4) is 5.75 Å². The molecule has 0 spiro atoms. The fraction of sp³-hybridized carbons (Fsp3) is 0.364. The molecular weight excluding hydrogens is 272 g/mol. The van der Waals surface area contributed by atoms with Gasteiger partial charge < -0.3 is 15.8 Å². The average Bonchev–Trinajstić information content (AvgIpc) is 2.27. The Morgan fingerprint density at radius 1 is 1.62 bits per heavy atom. The summed E-state index contributed by atoms with van der Waals surface area (Å²) in [5.74, 6) is 0.238. The number of primary amides is 1. The lowest BCUT2D eigenvalue weighted by Crippen LogP contribution is -2.26. The predicted molar refractivity (Wildman–Crippen MR) is 67.5 cm³/mol. The highest BCUT2D eigenvalue weighted by Gasteiger charge is 2.09. The molecule has 1 rings (SSSR count). The number of nitrogens with one attached hydrogen (secondary N) is 1. The van der Waals surface area contributed by atoms with Gasteiger partial charge in [0, 0.05) is 17.1 Å². The molecule has 5 heteroatoms. The SMILES string of the molecule is COc1ccc(Br)c(NCC(C)C(N)=O)c1. The van der Waals surface area contributed by atoms with Crippen LogP contribution in [-0.4, -0.2) is 19.6 Å². The minimum atomic E-state index is -0.313. The van der Waals surface area contributed by atoms with Gasteiger partial charge in [0.2, 0.25) is 5.91 Å². The van der Waals surface area contributed by atoms with Crippen molar-refractivity contribution < 1.29 is 9.53 Å². The second-order valence-corrected chi connectivity index (χ2v) is 4.38. The van der Waals surface area contributed by atoms with E-state index in [0.29, 0.717) is 6.54 Å². The van der Waals surface area contributed by atoms with Gasteiger partial charge in [-0.25, -0.2) is 0 Å². The molecule has 0 saturated carbocycles. The Bertz CT molecular complexity index is 382. The van der Waals surface area contributed by atoms with E-state index in [-0.39, 0.29) is 11.8 Å². The van der Waals surface area contributed by atoms with Crippen LogP contribution >= 0.6 is 15.9 Å². The molecule has 88 valence electrons. The monoisotopic (exact) mass is 286 g/mol.